The summed E-state index contributed by atoms with van der Waals surface area (Å²) >= 11 is 0. The van der Waals surface area contributed by atoms with Crippen molar-refractivity contribution in [1.29, 1.82) is 0 Å². The fourth-order valence-corrected chi connectivity index (χ4v) is 15.1. The molecule has 51 heavy (non-hydrogen) atoms. The molecule has 0 aromatic rings. The van der Waals surface area contributed by atoms with Gasteiger partial charge in [0, 0.05) is 18.6 Å². The minimum absolute atomic E-state index is 0.469. The van der Waals surface area contributed by atoms with Gasteiger partial charge in [0.1, 0.15) is 0 Å². The van der Waals surface area contributed by atoms with Crippen LogP contribution in [-0.4, -0.2) is 23.6 Å². The molecule has 0 aromatic carbocycles. The third kappa shape index (κ3) is 6.31. The third-order valence-electron chi connectivity index (χ3n) is 18.0. The van der Waals surface area contributed by atoms with Gasteiger partial charge in [-0.05, 0) is 178 Å². The van der Waals surface area contributed by atoms with Gasteiger partial charge in [0.2, 0.25) is 0 Å². The quantitative estimate of drug-likeness (QED) is 0.290. The lowest BCUT2D eigenvalue weighted by molar-refractivity contribution is 0.0690. The minimum atomic E-state index is 0.469. The van der Waals surface area contributed by atoms with E-state index in [0.29, 0.717) is 11.3 Å². The largest absolute Gasteiger partial charge is 0.251 e. The smallest absolute Gasteiger partial charge is 0.0290 e. The molecule has 5 fully saturated rings. The summed E-state index contributed by atoms with van der Waals surface area (Å²) in [6, 6.07) is 1.44. The molecule has 15 unspecified atom stereocenters. The van der Waals surface area contributed by atoms with Crippen molar-refractivity contribution in [3.8, 4) is 0 Å². The zero-order chi connectivity index (χ0) is 34.1. The lowest BCUT2D eigenvalue weighted by Gasteiger charge is -2.42. The van der Waals surface area contributed by atoms with Crippen molar-refractivity contribution in [2.24, 2.45) is 82.3 Å². The highest BCUT2D eigenvalue weighted by atomic mass is 15.6. The number of rotatable bonds is 5. The Labute approximate surface area is 311 Å². The lowest BCUT2D eigenvalue weighted by Crippen LogP contribution is -2.48. The lowest BCUT2D eigenvalue weighted by atomic mass is 9.64. The van der Waals surface area contributed by atoms with Crippen molar-refractivity contribution in [3.63, 3.8) is 0 Å². The molecule has 10 rings (SSSR count). The summed E-state index contributed by atoms with van der Waals surface area (Å²) in [6.45, 7) is 6.54. The molecule has 276 valence electrons. The highest BCUT2D eigenvalue weighted by Crippen LogP contribution is 2.62. The molecule has 0 spiro atoms. The first-order valence-electron chi connectivity index (χ1n) is 22.6. The van der Waals surface area contributed by atoms with Crippen LogP contribution in [0.5, 0.6) is 0 Å². The molecule has 1 heterocycles. The van der Waals surface area contributed by atoms with Crippen molar-refractivity contribution >= 4 is 0 Å². The Bertz CT molecular complexity index is 1470. The van der Waals surface area contributed by atoms with E-state index >= 15 is 0 Å². The topological polar surface area (TPSA) is 15.3 Å². The van der Waals surface area contributed by atoms with Gasteiger partial charge < -0.3 is 0 Å². The highest BCUT2D eigenvalue weighted by molar-refractivity contribution is 5.35. The molecule has 1 N–H and O–H groups in total. The summed E-state index contributed by atoms with van der Waals surface area (Å²) in [7, 11) is 0. The summed E-state index contributed by atoms with van der Waals surface area (Å²) in [5, 5.41) is 2.90. The van der Waals surface area contributed by atoms with Gasteiger partial charge in [-0.2, -0.15) is 0 Å². The summed E-state index contributed by atoms with van der Waals surface area (Å²) in [6.07, 6.45) is 51.4. The fraction of sp³-hybridized carbons (Fsp3) is 0.755. The number of nitrogens with zero attached hydrogens (tertiary/aromatic N) is 1. The predicted octanol–water partition coefficient (Wildman–Crippen LogP) is 11.8. The summed E-state index contributed by atoms with van der Waals surface area (Å²) in [4.78, 5) is 0. The van der Waals surface area contributed by atoms with E-state index in [1.54, 1.807) is 11.1 Å². The van der Waals surface area contributed by atoms with Crippen molar-refractivity contribution in [2.45, 2.75) is 142 Å². The fourth-order valence-electron chi connectivity index (χ4n) is 15.1. The molecular formula is C49H70N2. The van der Waals surface area contributed by atoms with Crippen molar-refractivity contribution in [3.05, 3.63) is 71.9 Å². The molecule has 1 saturated heterocycles. The summed E-state index contributed by atoms with van der Waals surface area (Å²) in [5.41, 5.74) is 8.32. The van der Waals surface area contributed by atoms with E-state index in [2.05, 4.69) is 85.0 Å². The van der Waals surface area contributed by atoms with Gasteiger partial charge in [0.05, 0.1) is 0 Å². The molecule has 10 aliphatic rings. The molecule has 15 atom stereocenters. The van der Waals surface area contributed by atoms with Crippen LogP contribution in [0, 0.1) is 82.3 Å². The number of hydrogen-bond acceptors (Lipinski definition) is 2. The van der Waals surface area contributed by atoms with E-state index in [1.165, 1.54) is 122 Å². The average Bonchev–Trinajstić information content (AvgIpc) is 3.70. The Morgan fingerprint density at radius 3 is 2.47 bits per heavy atom. The standard InChI is InChI=1S/C49H70N2/c1-49(2)45-14-8-7-13-43(45)44-24-23-40(29-46(44)49)38-18-19-39-28-42(22-20-37(39)26-38)48-30-47(41-21-17-34-10-4-6-12-36(34)27-41)50-51(48)31-32-15-16-33-9-3-5-11-35(33)25-32/h3,5,7,9,11,13,20,23-24,26,32-36,39-48,50H,4,6,8,10,12,14-19,21-22,25,27-31H2,1-2H3. The maximum absolute atomic E-state index is 4.35. The number of hydrazine groups is 1. The summed E-state index contributed by atoms with van der Waals surface area (Å²) < 4.78 is 0. The van der Waals surface area contributed by atoms with Gasteiger partial charge in [-0.3, -0.25) is 5.43 Å². The molecule has 0 bridgehead atoms. The molecule has 9 aliphatic carbocycles. The van der Waals surface area contributed by atoms with Gasteiger partial charge in [-0.25, -0.2) is 5.01 Å². The monoisotopic (exact) mass is 687 g/mol. The van der Waals surface area contributed by atoms with Crippen LogP contribution in [0.15, 0.2) is 71.9 Å². The molecule has 1 aliphatic heterocycles. The first-order valence-corrected chi connectivity index (χ1v) is 22.6. The van der Waals surface area contributed by atoms with Crippen LogP contribution in [0.25, 0.3) is 0 Å². The van der Waals surface area contributed by atoms with E-state index in [-0.39, 0.29) is 0 Å². The maximum atomic E-state index is 4.35. The molecular weight excluding hydrogens is 617 g/mol. The van der Waals surface area contributed by atoms with Crippen molar-refractivity contribution in [2.75, 3.05) is 6.54 Å². The second-order valence-electron chi connectivity index (χ2n) is 20.7. The molecule has 2 nitrogen and oxygen atoms in total. The van der Waals surface area contributed by atoms with Gasteiger partial charge in [0.15, 0.2) is 0 Å². The van der Waals surface area contributed by atoms with E-state index in [0.717, 1.165) is 83.1 Å². The Kier molecular flexibility index (Phi) is 9.23. The highest BCUT2D eigenvalue weighted by Gasteiger charge is 2.55. The first-order chi connectivity index (χ1) is 25.0. The van der Waals surface area contributed by atoms with Crippen LogP contribution in [-0.2, 0) is 0 Å². The zero-order valence-corrected chi connectivity index (χ0v) is 32.3. The van der Waals surface area contributed by atoms with Crippen molar-refractivity contribution < 1.29 is 0 Å². The molecule has 0 amide bonds. The first kappa shape index (κ1) is 33.9. The molecule has 0 aromatic heterocycles. The Hall–Kier alpha value is -1.64. The van der Waals surface area contributed by atoms with Crippen LogP contribution < -0.4 is 5.43 Å². The molecule has 2 heteroatoms. The molecule has 4 saturated carbocycles. The predicted molar refractivity (Wildman–Crippen MR) is 212 cm³/mol. The Balaban J connectivity index is 0.840. The van der Waals surface area contributed by atoms with Gasteiger partial charge >= 0.3 is 0 Å². The Morgan fingerprint density at radius 2 is 1.55 bits per heavy atom. The second kappa shape index (κ2) is 13.9. The van der Waals surface area contributed by atoms with E-state index in [9.17, 15) is 0 Å². The van der Waals surface area contributed by atoms with Crippen LogP contribution >= 0.6 is 0 Å². The van der Waals surface area contributed by atoms with Crippen LogP contribution in [0.3, 0.4) is 0 Å². The maximum Gasteiger partial charge on any atom is 0.0290 e. The summed E-state index contributed by atoms with van der Waals surface area (Å²) in [5.74, 6) is 11.0. The second-order valence-corrected chi connectivity index (χ2v) is 20.7. The zero-order valence-electron chi connectivity index (χ0n) is 32.3. The molecule has 0 radical (unpaired) electrons. The van der Waals surface area contributed by atoms with E-state index in [4.69, 9.17) is 0 Å². The Morgan fingerprint density at radius 1 is 0.706 bits per heavy atom. The minimum Gasteiger partial charge on any atom is -0.251 e. The van der Waals surface area contributed by atoms with Crippen molar-refractivity contribution in [1.82, 2.24) is 10.4 Å². The number of fused-ring (bicyclic) bond motifs is 6. The van der Waals surface area contributed by atoms with Gasteiger partial charge in [-0.15, -0.1) is 0 Å². The van der Waals surface area contributed by atoms with Gasteiger partial charge in [0.25, 0.3) is 0 Å². The van der Waals surface area contributed by atoms with Crippen LogP contribution in [0.4, 0.5) is 0 Å². The average molecular weight is 687 g/mol. The number of hydrogen-bond donors (Lipinski definition) is 1. The van der Waals surface area contributed by atoms with E-state index in [1.807, 2.05) is 0 Å². The SMILES string of the molecule is CC1(C)C2CCC=CC2C2C=CC(C3=CC4=CCC(C5CC(C6CCC7CCCCC7C6)NN5CC5CCC6C=CC=CC6C5)CC4CC3)CC21. The number of nitrogens with one attached hydrogen (secondary N) is 1. The van der Waals surface area contributed by atoms with Crippen LogP contribution in [0.2, 0.25) is 0 Å². The van der Waals surface area contributed by atoms with Crippen LogP contribution in [0.1, 0.15) is 129 Å². The normalized spacial score (nSPS) is 48.5. The van der Waals surface area contributed by atoms with Gasteiger partial charge in [-0.1, -0.05) is 106 Å². The van der Waals surface area contributed by atoms with E-state index < -0.39 is 0 Å². The third-order valence-corrected chi connectivity index (χ3v) is 18.0. The number of allylic oxidation sites excluding steroid dienone is 12.